The van der Waals surface area contributed by atoms with Crippen LogP contribution in [-0.4, -0.2) is 60.9 Å². The lowest BCUT2D eigenvalue weighted by atomic mass is 10.1. The molecule has 2 heterocycles. The van der Waals surface area contributed by atoms with E-state index in [-0.39, 0.29) is 0 Å². The Morgan fingerprint density at radius 3 is 2.71 bits per heavy atom. The summed E-state index contributed by atoms with van der Waals surface area (Å²) >= 11 is 1.74. The summed E-state index contributed by atoms with van der Waals surface area (Å²) in [5, 5.41) is 5.43. The number of rotatable bonds is 6. The van der Waals surface area contributed by atoms with Gasteiger partial charge in [0.1, 0.15) is 0 Å². The molecular formula is C18H26N4OS. The van der Waals surface area contributed by atoms with Gasteiger partial charge >= 0.3 is 0 Å². The molecule has 0 unspecified atom stereocenters. The molecule has 1 aromatic rings. The fourth-order valence-corrected chi connectivity index (χ4v) is 3.58. The Morgan fingerprint density at radius 1 is 1.25 bits per heavy atom. The first-order valence-electron chi connectivity index (χ1n) is 8.74. The Labute approximate surface area is 148 Å². The molecule has 130 valence electrons. The van der Waals surface area contributed by atoms with Crippen molar-refractivity contribution in [1.82, 2.24) is 10.3 Å². The summed E-state index contributed by atoms with van der Waals surface area (Å²) in [6, 6.07) is 8.67. The van der Waals surface area contributed by atoms with Gasteiger partial charge < -0.3 is 4.74 Å². The number of aryl methyl sites for hydroxylation is 1. The fraction of sp³-hybridized carbons (Fsp3) is 0.556. The molecule has 0 amide bonds. The minimum Gasteiger partial charge on any atom is -0.379 e. The molecule has 6 heteroatoms. The summed E-state index contributed by atoms with van der Waals surface area (Å²) in [6.45, 7) is 7.95. The van der Waals surface area contributed by atoms with Gasteiger partial charge in [-0.2, -0.15) is 5.10 Å². The molecule has 2 aliphatic rings. The number of hydrogen-bond acceptors (Lipinski definition) is 5. The molecule has 2 aliphatic heterocycles. The molecule has 1 N–H and O–H groups in total. The quantitative estimate of drug-likeness (QED) is 0.804. The van der Waals surface area contributed by atoms with Crippen LogP contribution in [0.5, 0.6) is 0 Å². The highest BCUT2D eigenvalue weighted by atomic mass is 32.2. The number of benzene rings is 1. The smallest absolute Gasteiger partial charge is 0.177 e. The van der Waals surface area contributed by atoms with Crippen molar-refractivity contribution in [3.8, 4) is 0 Å². The van der Waals surface area contributed by atoms with Crippen LogP contribution in [0.25, 0.3) is 0 Å². The average Bonchev–Trinajstić information content (AvgIpc) is 2.67. The van der Waals surface area contributed by atoms with Crippen LogP contribution >= 0.6 is 11.8 Å². The van der Waals surface area contributed by atoms with E-state index in [0.29, 0.717) is 0 Å². The minimum absolute atomic E-state index is 0.850. The summed E-state index contributed by atoms with van der Waals surface area (Å²) < 4.78 is 5.36. The minimum atomic E-state index is 0.850. The second-order valence-electron chi connectivity index (χ2n) is 6.00. The van der Waals surface area contributed by atoms with E-state index in [2.05, 4.69) is 51.6 Å². The Hall–Kier alpha value is -1.37. The van der Waals surface area contributed by atoms with Gasteiger partial charge in [-0.25, -0.2) is 0 Å². The monoisotopic (exact) mass is 346 g/mol. The number of morpholine rings is 1. The molecule has 0 saturated carbocycles. The standard InChI is InChI=1S/C18H26N4OS/c1-2-15-4-6-16(7-5-15)17-14-24-18(21-20-17)19-8-3-9-22-10-12-23-13-11-22/h4-7H,2-3,8-14H2,1H3,(H,19,21). The highest BCUT2D eigenvalue weighted by Crippen LogP contribution is 2.14. The van der Waals surface area contributed by atoms with E-state index < -0.39 is 0 Å². The normalized spacial score (nSPS) is 20.7. The second-order valence-corrected chi connectivity index (χ2v) is 6.97. The third-order valence-electron chi connectivity index (χ3n) is 4.32. The first-order valence-corrected chi connectivity index (χ1v) is 9.73. The maximum atomic E-state index is 5.36. The zero-order valence-electron chi connectivity index (χ0n) is 14.3. The summed E-state index contributed by atoms with van der Waals surface area (Å²) in [5.41, 5.74) is 6.75. The Morgan fingerprint density at radius 2 is 2.04 bits per heavy atom. The molecule has 1 aromatic carbocycles. The van der Waals surface area contributed by atoms with Crippen LogP contribution in [0, 0.1) is 0 Å². The fourth-order valence-electron chi connectivity index (χ4n) is 2.78. The van der Waals surface area contributed by atoms with Crippen molar-refractivity contribution in [3.05, 3.63) is 35.4 Å². The van der Waals surface area contributed by atoms with Crippen molar-refractivity contribution in [2.45, 2.75) is 19.8 Å². The van der Waals surface area contributed by atoms with E-state index in [9.17, 15) is 0 Å². The van der Waals surface area contributed by atoms with E-state index in [1.165, 1.54) is 11.1 Å². The number of ether oxygens (including phenoxy) is 1. The molecule has 24 heavy (non-hydrogen) atoms. The number of aliphatic imine (C=N–C) groups is 1. The van der Waals surface area contributed by atoms with Gasteiger partial charge in [-0.3, -0.25) is 15.3 Å². The van der Waals surface area contributed by atoms with Gasteiger partial charge in [-0.15, -0.1) is 0 Å². The van der Waals surface area contributed by atoms with Gasteiger partial charge in [0.25, 0.3) is 0 Å². The largest absolute Gasteiger partial charge is 0.379 e. The van der Waals surface area contributed by atoms with Crippen LogP contribution in [0.15, 0.2) is 34.4 Å². The van der Waals surface area contributed by atoms with Crippen LogP contribution in [-0.2, 0) is 11.2 Å². The van der Waals surface area contributed by atoms with Crippen LogP contribution in [0.3, 0.4) is 0 Å². The second kappa shape index (κ2) is 9.20. The van der Waals surface area contributed by atoms with Gasteiger partial charge in [0.05, 0.1) is 18.9 Å². The number of hydrogen-bond donors (Lipinski definition) is 1. The lowest BCUT2D eigenvalue weighted by Crippen LogP contribution is -2.37. The highest BCUT2D eigenvalue weighted by molar-refractivity contribution is 8.14. The summed E-state index contributed by atoms with van der Waals surface area (Å²) in [5.74, 6) is 0.876. The van der Waals surface area contributed by atoms with Gasteiger partial charge in [-0.05, 0) is 24.0 Å². The first-order chi connectivity index (χ1) is 11.8. The molecule has 3 rings (SSSR count). The van der Waals surface area contributed by atoms with Crippen molar-refractivity contribution in [3.63, 3.8) is 0 Å². The summed E-state index contributed by atoms with van der Waals surface area (Å²) in [4.78, 5) is 7.07. The Bertz CT molecular complexity index is 579. The first kappa shape index (κ1) is 17.5. The molecule has 1 fully saturated rings. The number of nitrogens with zero attached hydrogens (tertiary/aromatic N) is 3. The molecule has 0 spiro atoms. The lowest BCUT2D eigenvalue weighted by Gasteiger charge is -2.26. The van der Waals surface area contributed by atoms with Crippen molar-refractivity contribution in [2.75, 3.05) is 45.1 Å². The molecule has 0 aliphatic carbocycles. The molecule has 0 atom stereocenters. The number of hydrazone groups is 1. The predicted molar refractivity (Wildman–Crippen MR) is 102 cm³/mol. The van der Waals surface area contributed by atoms with Crippen LogP contribution in [0.1, 0.15) is 24.5 Å². The molecule has 1 saturated heterocycles. The predicted octanol–water partition coefficient (Wildman–Crippen LogP) is 2.37. The number of thioether (sulfide) groups is 1. The van der Waals surface area contributed by atoms with Gasteiger partial charge in [0.2, 0.25) is 0 Å². The van der Waals surface area contributed by atoms with Gasteiger partial charge in [0.15, 0.2) is 5.17 Å². The number of nitrogens with one attached hydrogen (secondary N) is 1. The van der Waals surface area contributed by atoms with Gasteiger partial charge in [-0.1, -0.05) is 43.0 Å². The van der Waals surface area contributed by atoms with E-state index in [0.717, 1.165) is 68.9 Å². The van der Waals surface area contributed by atoms with E-state index >= 15 is 0 Å². The topological polar surface area (TPSA) is 49.2 Å². The SMILES string of the molecule is CCc1ccc(C2=NNC(=NCCCN3CCOCC3)SC2)cc1. The molecule has 5 nitrogen and oxygen atoms in total. The molecule has 0 radical (unpaired) electrons. The van der Waals surface area contributed by atoms with Crippen molar-refractivity contribution < 1.29 is 4.74 Å². The zero-order chi connectivity index (χ0) is 16.6. The summed E-state index contributed by atoms with van der Waals surface area (Å²) in [7, 11) is 0. The van der Waals surface area contributed by atoms with E-state index in [1.54, 1.807) is 11.8 Å². The zero-order valence-corrected chi connectivity index (χ0v) is 15.1. The number of amidine groups is 1. The van der Waals surface area contributed by atoms with E-state index in [4.69, 9.17) is 4.74 Å². The maximum Gasteiger partial charge on any atom is 0.177 e. The van der Waals surface area contributed by atoms with Crippen molar-refractivity contribution in [2.24, 2.45) is 10.1 Å². The molecular weight excluding hydrogens is 320 g/mol. The van der Waals surface area contributed by atoms with Gasteiger partial charge in [0, 0.05) is 31.9 Å². The van der Waals surface area contributed by atoms with Crippen LogP contribution in [0.4, 0.5) is 0 Å². The Kier molecular flexibility index (Phi) is 6.69. The van der Waals surface area contributed by atoms with Crippen molar-refractivity contribution >= 4 is 22.6 Å². The third-order valence-corrected chi connectivity index (χ3v) is 5.23. The average molecular weight is 347 g/mol. The van der Waals surface area contributed by atoms with Crippen LogP contribution < -0.4 is 5.43 Å². The van der Waals surface area contributed by atoms with Crippen molar-refractivity contribution in [1.29, 1.82) is 0 Å². The highest BCUT2D eigenvalue weighted by Gasteiger charge is 2.13. The maximum absolute atomic E-state index is 5.36. The molecule has 0 aromatic heterocycles. The lowest BCUT2D eigenvalue weighted by molar-refractivity contribution is 0.0377. The Balaban J connectivity index is 1.43. The third kappa shape index (κ3) is 5.06. The summed E-state index contributed by atoms with van der Waals surface area (Å²) in [6.07, 6.45) is 2.15. The van der Waals surface area contributed by atoms with E-state index in [1.807, 2.05) is 0 Å². The molecule has 0 bridgehead atoms. The van der Waals surface area contributed by atoms with Crippen LogP contribution in [0.2, 0.25) is 0 Å².